The Morgan fingerprint density at radius 3 is 2.71 bits per heavy atom. The third-order valence-electron chi connectivity index (χ3n) is 6.04. The zero-order valence-electron chi connectivity index (χ0n) is 19.7. The Hall–Kier alpha value is -3.61. The highest BCUT2D eigenvalue weighted by Crippen LogP contribution is 2.27. The summed E-state index contributed by atoms with van der Waals surface area (Å²) < 4.78 is 7.88. The number of ether oxygens (including phenoxy) is 1. The van der Waals surface area contributed by atoms with E-state index in [2.05, 4.69) is 20.9 Å². The van der Waals surface area contributed by atoms with Crippen molar-refractivity contribution in [3.8, 4) is 6.07 Å². The Morgan fingerprint density at radius 1 is 1.26 bits per heavy atom. The SMILES string of the molecule is Cc1cc(C(=O)CSc2nc(N)c(C(=O)Nc3ccccc3)cc2C#N)c(C)n1C[C@@H]1CCCO1. The van der Waals surface area contributed by atoms with Crippen LogP contribution in [0.15, 0.2) is 47.5 Å². The summed E-state index contributed by atoms with van der Waals surface area (Å²) >= 11 is 1.14. The van der Waals surface area contributed by atoms with Gasteiger partial charge in [0, 0.05) is 35.8 Å². The monoisotopic (exact) mass is 489 g/mol. The molecule has 0 spiro atoms. The van der Waals surface area contributed by atoms with Gasteiger partial charge in [0.2, 0.25) is 0 Å². The molecular weight excluding hydrogens is 462 g/mol. The lowest BCUT2D eigenvalue weighted by Crippen LogP contribution is -2.17. The summed E-state index contributed by atoms with van der Waals surface area (Å²) in [5, 5.41) is 12.7. The third kappa shape index (κ3) is 5.56. The first-order chi connectivity index (χ1) is 16.9. The van der Waals surface area contributed by atoms with Gasteiger partial charge >= 0.3 is 0 Å². The van der Waals surface area contributed by atoms with Crippen molar-refractivity contribution in [2.45, 2.75) is 44.4 Å². The van der Waals surface area contributed by atoms with E-state index < -0.39 is 5.91 Å². The van der Waals surface area contributed by atoms with Crippen molar-refractivity contribution >= 4 is 35.0 Å². The van der Waals surface area contributed by atoms with Crippen LogP contribution in [0.3, 0.4) is 0 Å². The van der Waals surface area contributed by atoms with Crippen LogP contribution in [0.25, 0.3) is 0 Å². The number of anilines is 2. The molecule has 35 heavy (non-hydrogen) atoms. The average molecular weight is 490 g/mol. The predicted molar refractivity (Wildman–Crippen MR) is 136 cm³/mol. The standard InChI is InChI=1S/C26H27N5O3S/c1-16-11-21(17(2)31(16)14-20-9-6-10-34-20)23(32)15-35-26-18(13-27)12-22(24(28)30-26)25(33)29-19-7-4-3-5-8-19/h3-5,7-8,11-12,20H,6,9-10,14-15H2,1-2H3,(H2,28,30)(H,29,33)/t20-/m0/s1. The first kappa shape index (κ1) is 24.5. The van der Waals surface area contributed by atoms with Gasteiger partial charge in [0.1, 0.15) is 16.9 Å². The fourth-order valence-electron chi connectivity index (χ4n) is 4.17. The molecule has 1 aromatic carbocycles. The van der Waals surface area contributed by atoms with Crippen LogP contribution < -0.4 is 11.1 Å². The molecule has 4 rings (SSSR count). The van der Waals surface area contributed by atoms with Gasteiger partial charge in [-0.3, -0.25) is 9.59 Å². The van der Waals surface area contributed by atoms with E-state index in [1.165, 1.54) is 6.07 Å². The Labute approximate surface area is 208 Å². The molecule has 0 bridgehead atoms. The maximum Gasteiger partial charge on any atom is 0.259 e. The molecule has 1 saturated heterocycles. The van der Waals surface area contributed by atoms with Gasteiger partial charge in [-0.25, -0.2) is 4.98 Å². The molecule has 1 amide bonds. The summed E-state index contributed by atoms with van der Waals surface area (Å²) in [6, 6.07) is 14.3. The van der Waals surface area contributed by atoms with Gasteiger partial charge in [-0.1, -0.05) is 30.0 Å². The van der Waals surface area contributed by atoms with Crippen molar-refractivity contribution < 1.29 is 14.3 Å². The lowest BCUT2D eigenvalue weighted by Gasteiger charge is -2.14. The van der Waals surface area contributed by atoms with Gasteiger partial charge in [-0.05, 0) is 51.0 Å². The quantitative estimate of drug-likeness (QED) is 0.356. The number of aromatic nitrogens is 2. The summed E-state index contributed by atoms with van der Waals surface area (Å²) in [4.78, 5) is 30.0. The predicted octanol–water partition coefficient (Wildman–Crippen LogP) is 4.36. The van der Waals surface area contributed by atoms with Gasteiger partial charge in [-0.15, -0.1) is 0 Å². The van der Waals surface area contributed by atoms with Crippen LogP contribution in [0, 0.1) is 25.2 Å². The summed E-state index contributed by atoms with van der Waals surface area (Å²) in [5.41, 5.74) is 9.53. The number of ketones is 1. The Morgan fingerprint density at radius 2 is 2.03 bits per heavy atom. The number of nitrogens with zero attached hydrogens (tertiary/aromatic N) is 3. The third-order valence-corrected chi connectivity index (χ3v) is 7.03. The minimum atomic E-state index is -0.455. The number of aryl methyl sites for hydroxylation is 1. The molecule has 1 fully saturated rings. The van der Waals surface area contributed by atoms with Crippen LogP contribution in [0.1, 0.15) is 50.5 Å². The molecule has 3 N–H and O–H groups in total. The molecule has 0 radical (unpaired) electrons. The van der Waals surface area contributed by atoms with E-state index in [9.17, 15) is 14.9 Å². The van der Waals surface area contributed by atoms with Gasteiger partial charge in [0.15, 0.2) is 5.78 Å². The topological polar surface area (TPSA) is 123 Å². The van der Waals surface area contributed by atoms with Crippen LogP contribution in [0.2, 0.25) is 0 Å². The molecule has 0 saturated carbocycles. The minimum Gasteiger partial charge on any atom is -0.383 e. The number of nitrogens with two attached hydrogens (primary N) is 1. The smallest absolute Gasteiger partial charge is 0.259 e. The van der Waals surface area contributed by atoms with Crippen LogP contribution >= 0.6 is 11.8 Å². The second-order valence-corrected chi connectivity index (χ2v) is 9.41. The first-order valence-corrected chi connectivity index (χ1v) is 12.4. The number of para-hydroxylation sites is 1. The molecule has 0 unspecified atom stereocenters. The fourth-order valence-corrected chi connectivity index (χ4v) is 5.02. The highest BCUT2D eigenvalue weighted by Gasteiger charge is 2.22. The van der Waals surface area contributed by atoms with E-state index in [1.54, 1.807) is 24.3 Å². The molecule has 1 aliphatic heterocycles. The molecule has 1 atom stereocenters. The maximum absolute atomic E-state index is 13.0. The minimum absolute atomic E-state index is 0.00196. The number of hydrogen-bond donors (Lipinski definition) is 2. The number of hydrogen-bond acceptors (Lipinski definition) is 7. The normalized spacial score (nSPS) is 15.1. The maximum atomic E-state index is 13.0. The number of amides is 1. The largest absolute Gasteiger partial charge is 0.383 e. The van der Waals surface area contributed by atoms with Crippen molar-refractivity contribution in [1.29, 1.82) is 5.26 Å². The molecular formula is C26H27N5O3S. The van der Waals surface area contributed by atoms with Crippen molar-refractivity contribution in [2.75, 3.05) is 23.4 Å². The van der Waals surface area contributed by atoms with Crippen molar-refractivity contribution in [3.05, 3.63) is 70.5 Å². The molecule has 180 valence electrons. The molecule has 9 heteroatoms. The number of Topliss-reactive ketones (excluding diaryl/α,β-unsaturated/α-hetero) is 1. The number of nitrogens with one attached hydrogen (secondary N) is 1. The zero-order valence-corrected chi connectivity index (χ0v) is 20.5. The second kappa shape index (κ2) is 10.8. The summed E-state index contributed by atoms with van der Waals surface area (Å²) in [6.07, 6.45) is 2.27. The van der Waals surface area contributed by atoms with E-state index in [0.717, 1.165) is 49.1 Å². The number of thioether (sulfide) groups is 1. The molecule has 3 heterocycles. The lowest BCUT2D eigenvalue weighted by molar-refractivity contribution is 0.0957. The van der Waals surface area contributed by atoms with E-state index in [0.29, 0.717) is 16.3 Å². The van der Waals surface area contributed by atoms with Gasteiger partial charge in [-0.2, -0.15) is 5.26 Å². The number of carbonyl (C=O) groups excluding carboxylic acids is 2. The van der Waals surface area contributed by atoms with Gasteiger partial charge in [0.05, 0.1) is 23.0 Å². The Balaban J connectivity index is 1.47. The summed E-state index contributed by atoms with van der Waals surface area (Å²) in [5.74, 6) is -0.413. The van der Waals surface area contributed by atoms with Crippen LogP contribution in [-0.4, -0.2) is 39.7 Å². The average Bonchev–Trinajstić information content (AvgIpc) is 3.47. The summed E-state index contributed by atoms with van der Waals surface area (Å²) in [6.45, 7) is 5.45. The van der Waals surface area contributed by atoms with Crippen molar-refractivity contribution in [3.63, 3.8) is 0 Å². The first-order valence-electron chi connectivity index (χ1n) is 11.4. The Kier molecular flexibility index (Phi) is 7.54. The van der Waals surface area contributed by atoms with Crippen LogP contribution in [-0.2, 0) is 11.3 Å². The van der Waals surface area contributed by atoms with Crippen LogP contribution in [0.5, 0.6) is 0 Å². The van der Waals surface area contributed by atoms with Crippen molar-refractivity contribution in [1.82, 2.24) is 9.55 Å². The van der Waals surface area contributed by atoms with Crippen LogP contribution in [0.4, 0.5) is 11.5 Å². The van der Waals surface area contributed by atoms with E-state index in [4.69, 9.17) is 10.5 Å². The molecule has 1 aliphatic rings. The second-order valence-electron chi connectivity index (χ2n) is 8.45. The highest BCUT2D eigenvalue weighted by molar-refractivity contribution is 8.00. The van der Waals surface area contributed by atoms with Gasteiger partial charge in [0.25, 0.3) is 5.91 Å². The summed E-state index contributed by atoms with van der Waals surface area (Å²) in [7, 11) is 0. The number of carbonyl (C=O) groups is 2. The number of benzene rings is 1. The zero-order chi connectivity index (χ0) is 24.9. The highest BCUT2D eigenvalue weighted by atomic mass is 32.2. The molecule has 8 nitrogen and oxygen atoms in total. The molecule has 2 aromatic heterocycles. The number of rotatable bonds is 8. The molecule has 0 aliphatic carbocycles. The fraction of sp³-hybridized carbons (Fsp3) is 0.308. The van der Waals surface area contributed by atoms with E-state index >= 15 is 0 Å². The lowest BCUT2D eigenvalue weighted by atomic mass is 10.1. The molecule has 3 aromatic rings. The van der Waals surface area contributed by atoms with E-state index in [1.807, 2.05) is 26.0 Å². The van der Waals surface area contributed by atoms with Crippen molar-refractivity contribution in [2.24, 2.45) is 0 Å². The number of pyridine rings is 1. The van der Waals surface area contributed by atoms with Gasteiger partial charge < -0.3 is 20.4 Å². The Bertz CT molecular complexity index is 1290. The number of nitrogen functional groups attached to an aromatic ring is 1. The van der Waals surface area contributed by atoms with E-state index in [-0.39, 0.29) is 34.6 Å². The number of nitriles is 1.